The molecule has 0 saturated carbocycles. The Morgan fingerprint density at radius 2 is 2.17 bits per heavy atom. The number of alkyl halides is 1. The van der Waals surface area contributed by atoms with Gasteiger partial charge in [-0.05, 0) is 43.1 Å². The van der Waals surface area contributed by atoms with E-state index in [1.165, 1.54) is 0 Å². The van der Waals surface area contributed by atoms with Crippen molar-refractivity contribution in [1.82, 2.24) is 15.1 Å². The summed E-state index contributed by atoms with van der Waals surface area (Å²) in [5.74, 6) is -0.0171. The third-order valence-electron chi connectivity index (χ3n) is 4.46. The fraction of sp³-hybridized carbons (Fsp3) is 0.611. The summed E-state index contributed by atoms with van der Waals surface area (Å²) in [6.45, 7) is 8.95. The van der Waals surface area contributed by atoms with Crippen molar-refractivity contribution in [1.29, 1.82) is 0 Å². The summed E-state index contributed by atoms with van der Waals surface area (Å²) in [4.78, 5) is 2.15. The molecule has 23 heavy (non-hydrogen) atoms. The fourth-order valence-electron chi connectivity index (χ4n) is 3.26. The molecular weight excluding hydrogens is 293 g/mol. The molecule has 0 bridgehead atoms. The van der Waals surface area contributed by atoms with Crippen LogP contribution in [0.3, 0.4) is 0 Å². The van der Waals surface area contributed by atoms with Crippen molar-refractivity contribution in [3.8, 4) is 0 Å². The Morgan fingerprint density at radius 1 is 1.39 bits per heavy atom. The Balaban J connectivity index is 0.000000924. The summed E-state index contributed by atoms with van der Waals surface area (Å²) in [5.41, 5.74) is 3.26. The first-order chi connectivity index (χ1) is 11.2. The van der Waals surface area contributed by atoms with Gasteiger partial charge in [0.1, 0.15) is 6.17 Å². The Kier molecular flexibility index (Phi) is 6.54. The molecule has 1 saturated heterocycles. The molecule has 1 aliphatic heterocycles. The smallest absolute Gasteiger partial charge is 0.120 e. The van der Waals surface area contributed by atoms with Gasteiger partial charge in [0.2, 0.25) is 0 Å². The number of aromatic nitrogens is 2. The number of piperidine rings is 1. The summed E-state index contributed by atoms with van der Waals surface area (Å²) < 4.78 is 19.7. The van der Waals surface area contributed by atoms with Gasteiger partial charge in [0.15, 0.2) is 0 Å². The zero-order chi connectivity index (χ0) is 16.8. The van der Waals surface area contributed by atoms with Crippen LogP contribution in [0.25, 0.3) is 10.9 Å². The normalized spacial score (nSPS) is 22.0. The Hall–Kier alpha value is -1.46. The lowest BCUT2D eigenvalue weighted by Gasteiger charge is -2.35. The van der Waals surface area contributed by atoms with E-state index in [-0.39, 0.29) is 5.92 Å². The standard InChI is InChI=1S/C16H22FN3O.C2H6/c1-11-7-12-9-18-19-16(12)8-14(11)13-3-4-20(5-6-21-2)10-15(13)17;1-2/h7-9,13,15H,3-6,10H2,1-2H3,(H,18,19);1-2H3. The van der Waals surface area contributed by atoms with Gasteiger partial charge in [-0.3, -0.25) is 10.00 Å². The van der Waals surface area contributed by atoms with Gasteiger partial charge in [-0.15, -0.1) is 0 Å². The number of nitrogens with one attached hydrogen (secondary N) is 1. The van der Waals surface area contributed by atoms with Crippen LogP contribution in [0, 0.1) is 6.92 Å². The average molecular weight is 321 g/mol. The molecule has 0 spiro atoms. The molecule has 1 fully saturated rings. The summed E-state index contributed by atoms with van der Waals surface area (Å²) in [6, 6.07) is 4.16. The van der Waals surface area contributed by atoms with E-state index in [0.717, 1.165) is 41.5 Å². The lowest BCUT2D eigenvalue weighted by molar-refractivity contribution is 0.0862. The largest absolute Gasteiger partial charge is 0.383 e. The number of hydrogen-bond donors (Lipinski definition) is 1. The van der Waals surface area contributed by atoms with E-state index in [0.29, 0.717) is 13.2 Å². The highest BCUT2D eigenvalue weighted by Gasteiger charge is 2.31. The topological polar surface area (TPSA) is 41.1 Å². The lowest BCUT2D eigenvalue weighted by atomic mass is 9.85. The molecule has 0 radical (unpaired) electrons. The molecule has 4 nitrogen and oxygen atoms in total. The first-order valence-electron chi connectivity index (χ1n) is 8.48. The Labute approximate surface area is 138 Å². The minimum absolute atomic E-state index is 0.0171. The van der Waals surface area contributed by atoms with E-state index >= 15 is 0 Å². The number of nitrogens with zero attached hydrogens (tertiary/aromatic N) is 2. The van der Waals surface area contributed by atoms with Gasteiger partial charge in [0.25, 0.3) is 0 Å². The van der Waals surface area contributed by atoms with E-state index in [2.05, 4.69) is 34.2 Å². The summed E-state index contributed by atoms with van der Waals surface area (Å²) >= 11 is 0. The summed E-state index contributed by atoms with van der Waals surface area (Å²) in [5, 5.41) is 8.12. The predicted octanol–water partition coefficient (Wildman–Crippen LogP) is 3.67. The van der Waals surface area contributed by atoms with Crippen LogP contribution >= 0.6 is 0 Å². The SMILES string of the molecule is CC.COCCN1CCC(c2cc3[nH]ncc3cc2C)C(F)C1. The van der Waals surface area contributed by atoms with Crippen LogP contribution in [-0.2, 0) is 4.74 Å². The number of ether oxygens (including phenoxy) is 1. The second-order valence-corrected chi connectivity index (χ2v) is 5.87. The van der Waals surface area contributed by atoms with Crippen LogP contribution in [0.5, 0.6) is 0 Å². The van der Waals surface area contributed by atoms with Crippen molar-refractivity contribution < 1.29 is 9.13 Å². The van der Waals surface area contributed by atoms with Gasteiger partial charge < -0.3 is 4.74 Å². The number of aromatic amines is 1. The molecule has 0 amide bonds. The van der Waals surface area contributed by atoms with Crippen molar-refractivity contribution in [2.75, 3.05) is 33.4 Å². The summed E-state index contributed by atoms with van der Waals surface area (Å²) in [6.07, 6.45) is 1.84. The van der Waals surface area contributed by atoms with Crippen LogP contribution in [0.2, 0.25) is 0 Å². The molecule has 2 unspecified atom stereocenters. The maximum absolute atomic E-state index is 14.6. The average Bonchev–Trinajstić information content (AvgIpc) is 3.01. The number of benzene rings is 1. The van der Waals surface area contributed by atoms with Gasteiger partial charge in [-0.1, -0.05) is 13.8 Å². The van der Waals surface area contributed by atoms with E-state index in [4.69, 9.17) is 4.74 Å². The first-order valence-corrected chi connectivity index (χ1v) is 8.48. The van der Waals surface area contributed by atoms with E-state index < -0.39 is 6.17 Å². The van der Waals surface area contributed by atoms with Crippen LogP contribution in [0.4, 0.5) is 4.39 Å². The minimum Gasteiger partial charge on any atom is -0.383 e. The van der Waals surface area contributed by atoms with Gasteiger partial charge in [-0.25, -0.2) is 4.39 Å². The molecule has 1 N–H and O–H groups in total. The Bertz CT molecular complexity index is 613. The zero-order valence-corrected chi connectivity index (χ0v) is 14.6. The molecule has 0 aliphatic carbocycles. The molecule has 2 heterocycles. The minimum atomic E-state index is -0.824. The molecule has 1 aromatic carbocycles. The highest BCUT2D eigenvalue weighted by atomic mass is 19.1. The van der Waals surface area contributed by atoms with Crippen LogP contribution in [-0.4, -0.2) is 54.6 Å². The van der Waals surface area contributed by atoms with Crippen LogP contribution in [0.1, 0.15) is 37.3 Å². The highest BCUT2D eigenvalue weighted by Crippen LogP contribution is 2.34. The van der Waals surface area contributed by atoms with Crippen molar-refractivity contribution in [3.63, 3.8) is 0 Å². The molecule has 1 aliphatic rings. The van der Waals surface area contributed by atoms with E-state index in [1.54, 1.807) is 7.11 Å². The molecule has 2 atom stereocenters. The number of rotatable bonds is 4. The quantitative estimate of drug-likeness (QED) is 0.934. The van der Waals surface area contributed by atoms with Crippen molar-refractivity contribution in [3.05, 3.63) is 29.5 Å². The van der Waals surface area contributed by atoms with Crippen LogP contribution in [0.15, 0.2) is 18.3 Å². The molecule has 1 aromatic heterocycles. The third kappa shape index (κ3) is 4.09. The number of halogens is 1. The summed E-state index contributed by atoms with van der Waals surface area (Å²) in [7, 11) is 1.68. The zero-order valence-electron chi connectivity index (χ0n) is 14.6. The molecule has 3 rings (SSSR count). The third-order valence-corrected chi connectivity index (χ3v) is 4.46. The van der Waals surface area contributed by atoms with Crippen molar-refractivity contribution >= 4 is 10.9 Å². The maximum atomic E-state index is 14.6. The van der Waals surface area contributed by atoms with Crippen molar-refractivity contribution in [2.45, 2.75) is 39.3 Å². The van der Waals surface area contributed by atoms with Gasteiger partial charge in [0.05, 0.1) is 18.3 Å². The number of H-pyrrole nitrogens is 1. The first kappa shape index (κ1) is 17.9. The van der Waals surface area contributed by atoms with E-state index in [1.807, 2.05) is 20.0 Å². The number of fused-ring (bicyclic) bond motifs is 1. The Morgan fingerprint density at radius 3 is 2.87 bits per heavy atom. The lowest BCUT2D eigenvalue weighted by Crippen LogP contribution is -2.42. The molecule has 5 heteroatoms. The van der Waals surface area contributed by atoms with Crippen LogP contribution < -0.4 is 0 Å². The fourth-order valence-corrected chi connectivity index (χ4v) is 3.26. The number of methoxy groups -OCH3 is 1. The van der Waals surface area contributed by atoms with Gasteiger partial charge in [-0.2, -0.15) is 5.10 Å². The number of hydrogen-bond acceptors (Lipinski definition) is 3. The van der Waals surface area contributed by atoms with Gasteiger partial charge >= 0.3 is 0 Å². The van der Waals surface area contributed by atoms with E-state index in [9.17, 15) is 4.39 Å². The number of aryl methyl sites for hydroxylation is 1. The van der Waals surface area contributed by atoms with Gasteiger partial charge in [0, 0.05) is 31.5 Å². The molecule has 2 aromatic rings. The predicted molar refractivity (Wildman–Crippen MR) is 92.7 cm³/mol. The number of likely N-dealkylation sites (tertiary alicyclic amines) is 1. The maximum Gasteiger partial charge on any atom is 0.120 e. The second kappa shape index (κ2) is 8.41. The molecular formula is C18H28FN3O. The highest BCUT2D eigenvalue weighted by molar-refractivity contribution is 5.79. The monoisotopic (exact) mass is 321 g/mol. The van der Waals surface area contributed by atoms with Crippen molar-refractivity contribution in [2.24, 2.45) is 0 Å². The molecule has 128 valence electrons. The second-order valence-electron chi connectivity index (χ2n) is 5.87.